The van der Waals surface area contributed by atoms with Crippen LogP contribution in [0.1, 0.15) is 335 Å². The van der Waals surface area contributed by atoms with Gasteiger partial charge in [0, 0.05) is 12.8 Å². The fraction of sp³-hybridized carbons (Fsp3) is 0.933. The first-order chi connectivity index (χ1) is 32.5. The Morgan fingerprint density at radius 3 is 1.03 bits per heavy atom. The molecule has 0 heterocycles. The Balaban J connectivity index is 3.42. The van der Waals surface area contributed by atoms with Crippen LogP contribution in [-0.4, -0.2) is 47.4 Å². The van der Waals surface area contributed by atoms with Crippen molar-refractivity contribution < 1.29 is 24.5 Å². The minimum Gasteiger partial charge on any atom is -0.466 e. The van der Waals surface area contributed by atoms with Crippen molar-refractivity contribution in [2.24, 2.45) is 0 Å². The van der Waals surface area contributed by atoms with E-state index in [4.69, 9.17) is 4.74 Å². The number of nitrogens with one attached hydrogen (secondary N) is 1. The first-order valence-corrected chi connectivity index (χ1v) is 30.0. The third kappa shape index (κ3) is 52.0. The van der Waals surface area contributed by atoms with E-state index >= 15 is 0 Å². The van der Waals surface area contributed by atoms with E-state index < -0.39 is 12.1 Å². The molecule has 2 unspecified atom stereocenters. The average Bonchev–Trinajstić information content (AvgIpc) is 3.32. The van der Waals surface area contributed by atoms with Gasteiger partial charge < -0.3 is 20.3 Å². The molecule has 0 fully saturated rings. The van der Waals surface area contributed by atoms with Gasteiger partial charge in [-0.3, -0.25) is 9.59 Å². The number of amides is 1. The Morgan fingerprint density at radius 2 is 0.697 bits per heavy atom. The van der Waals surface area contributed by atoms with Crippen LogP contribution in [0.2, 0.25) is 0 Å². The monoisotopic (exact) mass is 932 g/mol. The van der Waals surface area contributed by atoms with E-state index in [0.717, 1.165) is 38.5 Å². The molecule has 0 aliphatic rings. The molecule has 0 aromatic rings. The number of aliphatic hydroxyl groups excluding tert-OH is 2. The second-order valence-corrected chi connectivity index (χ2v) is 20.7. The van der Waals surface area contributed by atoms with Gasteiger partial charge in [-0.05, 0) is 32.1 Å². The summed E-state index contributed by atoms with van der Waals surface area (Å²) in [4.78, 5) is 24.5. The van der Waals surface area contributed by atoms with E-state index in [-0.39, 0.29) is 18.5 Å². The average molecular weight is 933 g/mol. The lowest BCUT2D eigenvalue weighted by Gasteiger charge is -2.20. The minimum atomic E-state index is -0.845. The minimum absolute atomic E-state index is 0.0112. The fourth-order valence-corrected chi connectivity index (χ4v) is 9.46. The molecule has 6 heteroatoms. The zero-order chi connectivity index (χ0) is 47.9. The third-order valence-corrected chi connectivity index (χ3v) is 14.1. The summed E-state index contributed by atoms with van der Waals surface area (Å²) in [6, 6.07) is -0.628. The van der Waals surface area contributed by atoms with Gasteiger partial charge in [-0.1, -0.05) is 302 Å². The number of hydrogen-bond acceptors (Lipinski definition) is 5. The molecule has 0 radical (unpaired) electrons. The Labute approximate surface area is 412 Å². The maximum Gasteiger partial charge on any atom is 0.305 e. The van der Waals surface area contributed by atoms with E-state index in [2.05, 4.69) is 19.2 Å². The normalized spacial score (nSPS) is 12.6. The quantitative estimate of drug-likeness (QED) is 0.0321. The van der Waals surface area contributed by atoms with Crippen LogP contribution in [0.4, 0.5) is 0 Å². The maximum absolute atomic E-state index is 12.5. The van der Waals surface area contributed by atoms with Gasteiger partial charge in [-0.2, -0.15) is 0 Å². The van der Waals surface area contributed by atoms with Gasteiger partial charge in [-0.25, -0.2) is 0 Å². The highest BCUT2D eigenvalue weighted by Crippen LogP contribution is 2.18. The molecule has 2 atom stereocenters. The lowest BCUT2D eigenvalue weighted by Crippen LogP contribution is -2.45. The summed E-state index contributed by atoms with van der Waals surface area (Å²) in [5.41, 5.74) is 0. The number of unbranched alkanes of at least 4 members (excludes halogenated alkanes) is 45. The Kier molecular flexibility index (Phi) is 55.0. The highest BCUT2D eigenvalue weighted by atomic mass is 16.5. The summed E-state index contributed by atoms with van der Waals surface area (Å²) in [6.07, 6.45) is 66.7. The first-order valence-electron chi connectivity index (χ1n) is 30.0. The van der Waals surface area contributed by atoms with Gasteiger partial charge in [0.1, 0.15) is 0 Å². The van der Waals surface area contributed by atoms with Gasteiger partial charge in [0.05, 0.1) is 25.4 Å². The van der Waals surface area contributed by atoms with Crippen LogP contribution in [0.15, 0.2) is 12.2 Å². The molecule has 0 bridgehead atoms. The van der Waals surface area contributed by atoms with Crippen LogP contribution >= 0.6 is 0 Å². The zero-order valence-electron chi connectivity index (χ0n) is 44.7. The van der Waals surface area contributed by atoms with E-state index in [1.165, 1.54) is 270 Å². The number of allylic oxidation sites excluding steroid dienone is 1. The van der Waals surface area contributed by atoms with Crippen molar-refractivity contribution in [1.29, 1.82) is 0 Å². The van der Waals surface area contributed by atoms with Crippen molar-refractivity contribution in [3.8, 4) is 0 Å². The highest BCUT2D eigenvalue weighted by molar-refractivity contribution is 5.76. The first kappa shape index (κ1) is 64.6. The lowest BCUT2D eigenvalue weighted by molar-refractivity contribution is -0.143. The molecular weight excluding hydrogens is 815 g/mol. The largest absolute Gasteiger partial charge is 0.466 e. The molecule has 0 spiro atoms. The lowest BCUT2D eigenvalue weighted by atomic mass is 10.0. The SMILES string of the molecule is CCCCCCCCCCCCCCCCC/C=C/C(O)C(CO)NC(=O)CCCCCCCCCCCCCCCCCCCCCCOC(=O)CCCCCCCCCCCCCC. The number of carbonyl (C=O) groups is 2. The summed E-state index contributed by atoms with van der Waals surface area (Å²) >= 11 is 0. The van der Waals surface area contributed by atoms with E-state index in [1.807, 2.05) is 6.08 Å². The molecular formula is C60H117NO5. The van der Waals surface area contributed by atoms with Crippen LogP contribution in [0.3, 0.4) is 0 Å². The van der Waals surface area contributed by atoms with E-state index in [9.17, 15) is 19.8 Å². The molecule has 0 saturated heterocycles. The number of rotatable bonds is 56. The van der Waals surface area contributed by atoms with Crippen molar-refractivity contribution >= 4 is 11.9 Å². The zero-order valence-corrected chi connectivity index (χ0v) is 44.7. The predicted molar refractivity (Wildman–Crippen MR) is 287 cm³/mol. The van der Waals surface area contributed by atoms with Crippen LogP contribution < -0.4 is 5.32 Å². The number of carbonyl (C=O) groups excluding carboxylic acids is 2. The number of hydrogen-bond donors (Lipinski definition) is 3. The number of ether oxygens (including phenoxy) is 1. The Hall–Kier alpha value is -1.40. The van der Waals surface area contributed by atoms with Crippen molar-refractivity contribution in [1.82, 2.24) is 5.32 Å². The molecule has 66 heavy (non-hydrogen) atoms. The summed E-state index contributed by atoms with van der Waals surface area (Å²) in [5, 5.41) is 23.1. The summed E-state index contributed by atoms with van der Waals surface area (Å²) < 4.78 is 5.47. The second kappa shape index (κ2) is 56.2. The molecule has 0 aromatic carbocycles. The van der Waals surface area contributed by atoms with E-state index in [0.29, 0.717) is 19.4 Å². The standard InChI is InChI=1S/C60H117NO5/c1-3-5-7-9-11-13-15-17-18-23-26-29-32-36-40-44-48-52-58(63)57(56-62)61-59(64)53-49-45-41-37-33-30-27-24-21-19-20-22-25-28-31-35-39-43-47-51-55-66-60(65)54-50-46-42-38-34-16-14-12-10-8-6-4-2/h48,52,57-58,62-63H,3-47,49-51,53-56H2,1-2H3,(H,61,64)/b52-48+. The summed E-state index contributed by atoms with van der Waals surface area (Å²) in [5.74, 6) is -0.0559. The molecule has 0 aliphatic carbocycles. The Bertz CT molecular complexity index is 986. The summed E-state index contributed by atoms with van der Waals surface area (Å²) in [6.45, 7) is 4.92. The van der Waals surface area contributed by atoms with Crippen LogP contribution in [0.5, 0.6) is 0 Å². The van der Waals surface area contributed by atoms with Gasteiger partial charge in [0.25, 0.3) is 0 Å². The van der Waals surface area contributed by atoms with Crippen LogP contribution in [0, 0.1) is 0 Å². The topological polar surface area (TPSA) is 95.9 Å². The maximum atomic E-state index is 12.5. The molecule has 0 aliphatic heterocycles. The van der Waals surface area contributed by atoms with Crippen molar-refractivity contribution in [2.45, 2.75) is 347 Å². The van der Waals surface area contributed by atoms with Crippen molar-refractivity contribution in [2.75, 3.05) is 13.2 Å². The smallest absolute Gasteiger partial charge is 0.305 e. The Morgan fingerprint density at radius 1 is 0.409 bits per heavy atom. The fourth-order valence-electron chi connectivity index (χ4n) is 9.46. The molecule has 0 saturated carbocycles. The van der Waals surface area contributed by atoms with Gasteiger partial charge in [0.15, 0.2) is 0 Å². The molecule has 392 valence electrons. The number of aliphatic hydroxyl groups is 2. The van der Waals surface area contributed by atoms with E-state index in [1.54, 1.807) is 6.08 Å². The van der Waals surface area contributed by atoms with Crippen molar-refractivity contribution in [3.05, 3.63) is 12.2 Å². The van der Waals surface area contributed by atoms with Gasteiger partial charge in [-0.15, -0.1) is 0 Å². The van der Waals surface area contributed by atoms with Crippen molar-refractivity contribution in [3.63, 3.8) is 0 Å². The molecule has 0 aromatic heterocycles. The molecule has 6 nitrogen and oxygen atoms in total. The third-order valence-electron chi connectivity index (χ3n) is 14.1. The summed E-state index contributed by atoms with van der Waals surface area (Å²) in [7, 11) is 0. The van der Waals surface area contributed by atoms with Crippen LogP contribution in [-0.2, 0) is 14.3 Å². The second-order valence-electron chi connectivity index (χ2n) is 20.7. The predicted octanol–water partition coefficient (Wildman–Crippen LogP) is 18.5. The number of esters is 1. The van der Waals surface area contributed by atoms with Crippen LogP contribution in [0.25, 0.3) is 0 Å². The van der Waals surface area contributed by atoms with Gasteiger partial charge >= 0.3 is 5.97 Å². The molecule has 0 rings (SSSR count). The molecule has 1 amide bonds. The highest BCUT2D eigenvalue weighted by Gasteiger charge is 2.18. The van der Waals surface area contributed by atoms with Gasteiger partial charge in [0.2, 0.25) is 5.91 Å². The molecule has 3 N–H and O–H groups in total.